The Balaban J connectivity index is 3.08. The number of hydrogen-bond acceptors (Lipinski definition) is 4. The van der Waals surface area contributed by atoms with Gasteiger partial charge < -0.3 is 5.11 Å². The third-order valence-electron chi connectivity index (χ3n) is 2.69. The Hall–Kier alpha value is -2.02. The monoisotopic (exact) mass is 292 g/mol. The van der Waals surface area contributed by atoms with Crippen LogP contribution >= 0.6 is 0 Å². The quantitative estimate of drug-likeness (QED) is 0.820. The second-order valence-corrected chi connectivity index (χ2v) is 6.03. The lowest BCUT2D eigenvalue weighted by Crippen LogP contribution is -2.25. The van der Waals surface area contributed by atoms with E-state index in [2.05, 4.69) is 16.6 Å². The molecule has 1 atom stereocenters. The van der Waals surface area contributed by atoms with Crippen LogP contribution in [0.2, 0.25) is 0 Å². The predicted octanol–water partition coefficient (Wildman–Crippen LogP) is 1.38. The first-order chi connectivity index (χ1) is 9.44. The van der Waals surface area contributed by atoms with E-state index in [0.717, 1.165) is 5.56 Å². The second kappa shape index (κ2) is 6.95. The molecule has 6 heteroatoms. The molecular formula is C14H16N2O3S. The molecule has 1 rings (SSSR count). The van der Waals surface area contributed by atoms with E-state index in [1.54, 1.807) is 31.2 Å². The summed E-state index contributed by atoms with van der Waals surface area (Å²) in [7, 11) is -3.73. The van der Waals surface area contributed by atoms with Gasteiger partial charge in [-0.3, -0.25) is 4.72 Å². The predicted molar refractivity (Wildman–Crippen MR) is 77.4 cm³/mol. The molecule has 1 aromatic carbocycles. The van der Waals surface area contributed by atoms with Crippen molar-refractivity contribution in [2.24, 2.45) is 0 Å². The fourth-order valence-electron chi connectivity index (χ4n) is 1.57. The highest BCUT2D eigenvalue weighted by molar-refractivity contribution is 7.93. The van der Waals surface area contributed by atoms with Gasteiger partial charge in [-0.25, -0.2) is 8.42 Å². The van der Waals surface area contributed by atoms with Crippen molar-refractivity contribution in [3.05, 3.63) is 29.3 Å². The normalized spacial score (nSPS) is 11.9. The van der Waals surface area contributed by atoms with Crippen LogP contribution in [0.3, 0.4) is 0 Å². The van der Waals surface area contributed by atoms with Gasteiger partial charge in [-0.1, -0.05) is 24.8 Å². The topological polar surface area (TPSA) is 90.2 Å². The molecule has 0 aliphatic carbocycles. The van der Waals surface area contributed by atoms with Gasteiger partial charge in [0.05, 0.1) is 6.07 Å². The van der Waals surface area contributed by atoms with E-state index in [1.165, 1.54) is 0 Å². The lowest BCUT2D eigenvalue weighted by Gasteiger charge is -2.12. The molecular weight excluding hydrogens is 276 g/mol. The van der Waals surface area contributed by atoms with E-state index >= 15 is 0 Å². The lowest BCUT2D eigenvalue weighted by molar-refractivity contribution is 0.350. The molecule has 0 aromatic heterocycles. The lowest BCUT2D eigenvalue weighted by atomic mass is 10.1. The Kier molecular flexibility index (Phi) is 5.57. The van der Waals surface area contributed by atoms with Gasteiger partial charge in [-0.2, -0.15) is 5.26 Å². The van der Waals surface area contributed by atoms with Gasteiger partial charge in [0, 0.05) is 11.3 Å². The number of anilines is 1. The van der Waals surface area contributed by atoms with E-state index in [1.807, 2.05) is 6.92 Å². The average Bonchev–Trinajstić information content (AvgIpc) is 2.40. The summed E-state index contributed by atoms with van der Waals surface area (Å²) < 4.78 is 26.3. The molecule has 1 unspecified atom stereocenters. The SMILES string of the molecule is CCC(C#N)S(=O)(=O)Nc1ccc(C)c(C#CCO)c1. The van der Waals surface area contributed by atoms with Crippen LogP contribution in [0.1, 0.15) is 24.5 Å². The summed E-state index contributed by atoms with van der Waals surface area (Å²) in [6.45, 7) is 3.21. The summed E-state index contributed by atoms with van der Waals surface area (Å²) in [6, 6.07) is 6.68. The minimum Gasteiger partial charge on any atom is -0.384 e. The van der Waals surface area contributed by atoms with E-state index in [-0.39, 0.29) is 13.0 Å². The molecule has 0 saturated heterocycles. The fourth-order valence-corrected chi connectivity index (χ4v) is 2.75. The number of nitrogens with one attached hydrogen (secondary N) is 1. The van der Waals surface area contributed by atoms with Crippen molar-refractivity contribution in [2.75, 3.05) is 11.3 Å². The number of benzene rings is 1. The maximum Gasteiger partial charge on any atom is 0.249 e. The van der Waals surface area contributed by atoms with Crippen LogP contribution in [0.4, 0.5) is 5.69 Å². The highest BCUT2D eigenvalue weighted by atomic mass is 32.2. The number of hydrogen-bond donors (Lipinski definition) is 2. The van der Waals surface area contributed by atoms with Crippen molar-refractivity contribution in [2.45, 2.75) is 25.5 Å². The van der Waals surface area contributed by atoms with Crippen LogP contribution in [0.15, 0.2) is 18.2 Å². The zero-order chi connectivity index (χ0) is 15.2. The molecule has 0 spiro atoms. The first-order valence-corrected chi connectivity index (χ1v) is 7.60. The number of aliphatic hydroxyl groups is 1. The summed E-state index contributed by atoms with van der Waals surface area (Å²) in [5.74, 6) is 5.26. The van der Waals surface area contributed by atoms with E-state index in [4.69, 9.17) is 10.4 Å². The van der Waals surface area contributed by atoms with Crippen LogP contribution in [0.5, 0.6) is 0 Å². The minimum absolute atomic E-state index is 0.217. The number of aliphatic hydroxyl groups excluding tert-OH is 1. The molecule has 0 heterocycles. The van der Waals surface area contributed by atoms with E-state index < -0.39 is 15.3 Å². The molecule has 0 saturated carbocycles. The fraction of sp³-hybridized carbons (Fsp3) is 0.357. The molecule has 0 aliphatic rings. The third-order valence-corrected chi connectivity index (χ3v) is 4.40. The Morgan fingerprint density at radius 2 is 2.15 bits per heavy atom. The molecule has 0 fully saturated rings. The zero-order valence-electron chi connectivity index (χ0n) is 11.3. The number of nitrogens with zero attached hydrogens (tertiary/aromatic N) is 1. The Bertz CT molecular complexity index is 679. The number of rotatable bonds is 4. The first-order valence-electron chi connectivity index (χ1n) is 6.06. The highest BCUT2D eigenvalue weighted by Gasteiger charge is 2.23. The van der Waals surface area contributed by atoms with E-state index in [9.17, 15) is 8.42 Å². The van der Waals surface area contributed by atoms with Crippen molar-refractivity contribution < 1.29 is 13.5 Å². The maximum atomic E-state index is 12.0. The summed E-state index contributed by atoms with van der Waals surface area (Å²) >= 11 is 0. The maximum absolute atomic E-state index is 12.0. The molecule has 0 aliphatic heterocycles. The molecule has 0 bridgehead atoms. The average molecular weight is 292 g/mol. The first kappa shape index (κ1) is 16.0. The zero-order valence-corrected chi connectivity index (χ0v) is 12.2. The number of nitriles is 1. The van der Waals surface area contributed by atoms with E-state index in [0.29, 0.717) is 11.3 Å². The second-order valence-electron chi connectivity index (χ2n) is 4.16. The summed E-state index contributed by atoms with van der Waals surface area (Å²) in [6.07, 6.45) is 0.217. The van der Waals surface area contributed by atoms with Gasteiger partial charge >= 0.3 is 0 Å². The summed E-state index contributed by atoms with van der Waals surface area (Å²) in [5.41, 5.74) is 1.86. The third kappa shape index (κ3) is 3.99. The van der Waals surface area contributed by atoms with Crippen molar-refractivity contribution in [1.29, 1.82) is 5.26 Å². The molecule has 0 amide bonds. The van der Waals surface area contributed by atoms with Gasteiger partial charge in [0.2, 0.25) is 10.0 Å². The smallest absolute Gasteiger partial charge is 0.249 e. The van der Waals surface area contributed by atoms with Crippen molar-refractivity contribution >= 4 is 15.7 Å². The Labute approximate surface area is 119 Å². The molecule has 0 radical (unpaired) electrons. The van der Waals surface area contributed by atoms with Gasteiger partial charge in [-0.15, -0.1) is 0 Å². The minimum atomic E-state index is -3.73. The standard InChI is InChI=1S/C14H16N2O3S/c1-3-14(10-15)20(18,19)16-13-7-6-11(2)12(9-13)5-4-8-17/h6-7,9,14,16-17H,3,8H2,1-2H3. The summed E-state index contributed by atoms with van der Waals surface area (Å²) in [5, 5.41) is 16.4. The van der Waals surface area contributed by atoms with Crippen LogP contribution in [0, 0.1) is 30.1 Å². The number of aryl methyl sites for hydroxylation is 1. The molecule has 106 valence electrons. The van der Waals surface area contributed by atoms with Crippen molar-refractivity contribution in [1.82, 2.24) is 0 Å². The van der Waals surface area contributed by atoms with Gasteiger partial charge in [0.1, 0.15) is 6.61 Å². The highest BCUT2D eigenvalue weighted by Crippen LogP contribution is 2.17. The molecule has 5 nitrogen and oxygen atoms in total. The Morgan fingerprint density at radius 1 is 1.45 bits per heavy atom. The van der Waals surface area contributed by atoms with Crippen molar-refractivity contribution in [3.8, 4) is 17.9 Å². The molecule has 2 N–H and O–H groups in total. The van der Waals surface area contributed by atoms with Gasteiger partial charge in [-0.05, 0) is 31.0 Å². The van der Waals surface area contributed by atoms with Crippen molar-refractivity contribution in [3.63, 3.8) is 0 Å². The largest absolute Gasteiger partial charge is 0.384 e. The van der Waals surface area contributed by atoms with Gasteiger partial charge in [0.25, 0.3) is 0 Å². The van der Waals surface area contributed by atoms with Crippen LogP contribution in [-0.2, 0) is 10.0 Å². The Morgan fingerprint density at radius 3 is 2.70 bits per heavy atom. The summed E-state index contributed by atoms with van der Waals surface area (Å²) in [4.78, 5) is 0. The number of sulfonamides is 1. The molecule has 20 heavy (non-hydrogen) atoms. The van der Waals surface area contributed by atoms with Crippen LogP contribution in [-0.4, -0.2) is 25.4 Å². The van der Waals surface area contributed by atoms with Gasteiger partial charge in [0.15, 0.2) is 5.25 Å². The van der Waals surface area contributed by atoms with Crippen LogP contribution < -0.4 is 4.72 Å². The van der Waals surface area contributed by atoms with Crippen LogP contribution in [0.25, 0.3) is 0 Å². The molecule has 1 aromatic rings.